The highest BCUT2D eigenvalue weighted by molar-refractivity contribution is 5.91. The van der Waals surface area contributed by atoms with E-state index in [1.54, 1.807) is 23.3 Å². The molecule has 2 fully saturated rings. The molecule has 7 aliphatic carbocycles. The molecule has 0 heterocycles. The highest BCUT2D eigenvalue weighted by Gasteiger charge is 2.49. The maximum Gasteiger partial charge on any atom is 0.123 e. The fourth-order valence-corrected chi connectivity index (χ4v) is 23.0. The van der Waals surface area contributed by atoms with Gasteiger partial charge in [-0.3, -0.25) is 0 Å². The molecular formula is C125H109F. The Kier molecular flexibility index (Phi) is 21.4. The number of aryl methyl sites for hydroxylation is 5. The Bertz CT molecular complexity index is 6810. The molecule has 0 N–H and O–H groups in total. The summed E-state index contributed by atoms with van der Waals surface area (Å²) in [6.07, 6.45) is 12.8. The lowest BCUT2D eigenvalue weighted by molar-refractivity contribution is 0.351. The molecule has 1 atom stereocenters. The predicted octanol–water partition coefficient (Wildman–Crippen LogP) is 33.2. The molecule has 0 aliphatic heterocycles. The van der Waals surface area contributed by atoms with Gasteiger partial charge < -0.3 is 0 Å². The van der Waals surface area contributed by atoms with E-state index in [0.29, 0.717) is 0 Å². The maximum atomic E-state index is 13.8. The zero-order valence-electron chi connectivity index (χ0n) is 74.0. The van der Waals surface area contributed by atoms with Crippen LogP contribution in [0.4, 0.5) is 4.39 Å². The molecule has 17 aromatic rings. The quantitative estimate of drug-likeness (QED) is 0.149. The molecule has 1 unspecified atom stereocenters. The fourth-order valence-electron chi connectivity index (χ4n) is 23.0. The average molecular weight is 1630 g/mol. The van der Waals surface area contributed by atoms with Gasteiger partial charge in [-0.05, 0) is 276 Å². The molecule has 0 amide bonds. The molecular weight excluding hydrogens is 1520 g/mol. The number of hydrogen-bond donors (Lipinski definition) is 0. The maximum absolute atomic E-state index is 13.8. The molecule has 0 aromatic heterocycles. The molecule has 7 aliphatic rings. The summed E-state index contributed by atoms with van der Waals surface area (Å²) in [6.45, 7) is 18.0. The number of fused-ring (bicyclic) bond motifs is 19. The molecule has 0 bridgehead atoms. The molecule has 17 aromatic carbocycles. The van der Waals surface area contributed by atoms with Crippen LogP contribution in [0.25, 0.3) is 100 Å². The lowest BCUT2D eigenvalue weighted by atomic mass is 9.67. The molecule has 2 saturated carbocycles. The molecule has 126 heavy (non-hydrogen) atoms. The molecule has 2 spiro atoms. The summed E-state index contributed by atoms with van der Waals surface area (Å²) in [6, 6.07) is 144. The van der Waals surface area contributed by atoms with Crippen LogP contribution in [0.5, 0.6) is 0 Å². The van der Waals surface area contributed by atoms with Gasteiger partial charge in [-0.25, -0.2) is 4.39 Å². The minimum absolute atomic E-state index is 0.0709. The monoisotopic (exact) mass is 1630 g/mol. The first-order valence-electron chi connectivity index (χ1n) is 45.9. The third-order valence-electron chi connectivity index (χ3n) is 29.3. The van der Waals surface area contributed by atoms with E-state index in [-0.39, 0.29) is 32.9 Å². The van der Waals surface area contributed by atoms with Crippen molar-refractivity contribution in [2.45, 2.75) is 147 Å². The van der Waals surface area contributed by atoms with E-state index < -0.39 is 0 Å². The van der Waals surface area contributed by atoms with Crippen LogP contribution in [-0.4, -0.2) is 0 Å². The Morgan fingerprint density at radius 3 is 0.794 bits per heavy atom. The minimum Gasteiger partial charge on any atom is -0.207 e. The van der Waals surface area contributed by atoms with Crippen molar-refractivity contribution in [3.05, 3.63) is 500 Å². The van der Waals surface area contributed by atoms with Gasteiger partial charge in [0.15, 0.2) is 0 Å². The third kappa shape index (κ3) is 14.2. The lowest BCUT2D eigenvalue weighted by Crippen LogP contribution is -2.28. The second-order valence-electron chi connectivity index (χ2n) is 37.3. The molecule has 24 rings (SSSR count). The van der Waals surface area contributed by atoms with Gasteiger partial charge in [0.05, 0.1) is 5.41 Å². The first kappa shape index (κ1) is 81.0. The van der Waals surface area contributed by atoms with Crippen molar-refractivity contribution < 1.29 is 4.39 Å². The van der Waals surface area contributed by atoms with Crippen LogP contribution in [0.2, 0.25) is 0 Å². The Hall–Kier alpha value is -13.3. The minimum atomic E-state index is -0.343. The average Bonchev–Trinajstić information content (AvgIpc) is 1.53. The van der Waals surface area contributed by atoms with Crippen LogP contribution < -0.4 is 0 Å². The Morgan fingerprint density at radius 1 is 0.190 bits per heavy atom. The first-order chi connectivity index (χ1) is 61.5. The number of halogens is 1. The normalized spacial score (nSPS) is 16.1. The Morgan fingerprint density at radius 2 is 0.421 bits per heavy atom. The van der Waals surface area contributed by atoms with E-state index in [1.807, 2.05) is 6.07 Å². The Balaban J connectivity index is 0.000000100. The van der Waals surface area contributed by atoms with Gasteiger partial charge in [0, 0.05) is 21.7 Å². The number of rotatable bonds is 7. The van der Waals surface area contributed by atoms with Crippen LogP contribution in [-0.2, 0) is 27.1 Å². The molecule has 616 valence electrons. The summed E-state index contributed by atoms with van der Waals surface area (Å²) in [4.78, 5) is 0. The first-order valence-corrected chi connectivity index (χ1v) is 45.9. The topological polar surface area (TPSA) is 0 Å². The summed E-state index contributed by atoms with van der Waals surface area (Å²) in [5, 5.41) is 0. The van der Waals surface area contributed by atoms with E-state index in [0.717, 1.165) is 0 Å². The van der Waals surface area contributed by atoms with Gasteiger partial charge in [-0.2, -0.15) is 0 Å². The SMILES string of the molecule is Cc1ccc2c(c1)C(C)(C)c1cc(-c3ccccc3)ccc1-2.Cc1ccc2c(c1)C(C)(c1ccccc1)c1cc(-c3ccccc3)ccc1-2.Cc1ccc2c(c1)C(c1ccccc1)(c1ccccc1)c1cc(-c3ccccc3)ccc1-2.Cc1ccc2c(c1)C1(CCCCC1)c1cc(-c3ccccc3)ccc1-2.Cc1ccc2c(c1)C1(CCCCC1)c1cc(F)ccc1-2. The van der Waals surface area contributed by atoms with Crippen molar-refractivity contribution in [3.8, 4) is 100 Å². The van der Waals surface area contributed by atoms with Gasteiger partial charge in [0.1, 0.15) is 5.82 Å². The summed E-state index contributed by atoms with van der Waals surface area (Å²) in [5.41, 5.74) is 48.8. The fraction of sp³-hybridized carbons (Fsp3) is 0.184. The molecule has 0 radical (unpaired) electrons. The van der Waals surface area contributed by atoms with E-state index in [4.69, 9.17) is 0 Å². The van der Waals surface area contributed by atoms with Crippen LogP contribution in [0.1, 0.15) is 185 Å². The Labute approximate surface area is 746 Å². The van der Waals surface area contributed by atoms with Crippen LogP contribution in [0.15, 0.2) is 394 Å². The van der Waals surface area contributed by atoms with Crippen molar-refractivity contribution in [1.82, 2.24) is 0 Å². The van der Waals surface area contributed by atoms with Crippen LogP contribution in [0.3, 0.4) is 0 Å². The molecule has 0 nitrogen and oxygen atoms in total. The lowest BCUT2D eigenvalue weighted by Gasteiger charge is -2.36. The van der Waals surface area contributed by atoms with Crippen LogP contribution >= 0.6 is 0 Å². The van der Waals surface area contributed by atoms with Crippen molar-refractivity contribution in [2.75, 3.05) is 0 Å². The zero-order chi connectivity index (χ0) is 85.9. The second kappa shape index (κ2) is 33.3. The molecule has 0 saturated heterocycles. The summed E-state index contributed by atoms with van der Waals surface area (Å²) < 4.78 is 13.8. The third-order valence-corrected chi connectivity index (χ3v) is 29.3. The number of benzene rings is 17. The van der Waals surface area contributed by atoms with Crippen LogP contribution in [0, 0.1) is 40.4 Å². The van der Waals surface area contributed by atoms with E-state index in [2.05, 4.69) is 432 Å². The summed E-state index contributed by atoms with van der Waals surface area (Å²) >= 11 is 0. The molecule has 1 heteroatoms. The van der Waals surface area contributed by atoms with E-state index in [1.165, 1.54) is 253 Å². The van der Waals surface area contributed by atoms with Crippen molar-refractivity contribution in [3.63, 3.8) is 0 Å². The second-order valence-corrected chi connectivity index (χ2v) is 37.3. The largest absolute Gasteiger partial charge is 0.207 e. The van der Waals surface area contributed by atoms with Gasteiger partial charge in [-0.1, -0.05) is 438 Å². The van der Waals surface area contributed by atoms with Gasteiger partial charge in [0.25, 0.3) is 0 Å². The van der Waals surface area contributed by atoms with Crippen molar-refractivity contribution >= 4 is 0 Å². The van der Waals surface area contributed by atoms with E-state index in [9.17, 15) is 4.39 Å². The highest BCUT2D eigenvalue weighted by Crippen LogP contribution is 2.61. The highest BCUT2D eigenvalue weighted by atomic mass is 19.1. The smallest absolute Gasteiger partial charge is 0.123 e. The summed E-state index contributed by atoms with van der Waals surface area (Å²) in [5.74, 6) is -0.0989. The standard InChI is InChI=1S/C32H24.C27H22.C25H24.C22H20.C19H19F/c1-23-17-19-28-29-20-18-25(24-11-5-2-6-12-24)22-31(29)32(30(28)21-23,26-13-7-3-8-14-26)27-15-9-4-10-16-27;1-19-13-15-23-24-16-14-21(20-9-5-3-6-10-20)18-26(24)27(2,25(23)17-19)22-11-7-4-8-12-22;1-18-10-12-21-22-13-11-20(19-8-4-2-5-9-19)17-24(22)25(23(21)16-18)14-6-3-7-15-25;1-15-9-11-18-19-12-10-17(16-7-5-4-6-8-16)14-21(19)22(2,3)20(18)13-15;1-13-5-7-15-16-8-6-14(20)12-18(16)19(17(15)11-13)9-3-2-4-10-19/h2-22H,1H3;3-18H,1-2H3;2,4-5,8-13,16-17H,3,6-7,14-15H2,1H3;4-14H,1-3H3;5-8,11-12H,2-4,9-10H2,1H3. The predicted molar refractivity (Wildman–Crippen MR) is 529 cm³/mol. The summed E-state index contributed by atoms with van der Waals surface area (Å²) in [7, 11) is 0. The van der Waals surface area contributed by atoms with Gasteiger partial charge in [0.2, 0.25) is 0 Å². The van der Waals surface area contributed by atoms with Crippen molar-refractivity contribution in [2.24, 2.45) is 0 Å². The van der Waals surface area contributed by atoms with Crippen molar-refractivity contribution in [1.29, 1.82) is 0 Å². The van der Waals surface area contributed by atoms with E-state index >= 15 is 0 Å². The van der Waals surface area contributed by atoms with Gasteiger partial charge >= 0.3 is 0 Å². The zero-order valence-corrected chi connectivity index (χ0v) is 74.0. The van der Waals surface area contributed by atoms with Gasteiger partial charge in [-0.15, -0.1) is 0 Å². The number of hydrogen-bond acceptors (Lipinski definition) is 0.